The van der Waals surface area contributed by atoms with Crippen molar-refractivity contribution in [1.29, 1.82) is 0 Å². The molecule has 24 heavy (non-hydrogen) atoms. The first kappa shape index (κ1) is 15.5. The standard InChI is InChI=1S/C16H20N4O3S/c1-18-10-11-20(12-18)24(21,22)19-8-6-13(7-9-19)16-17-14-4-2-3-5-15(14)23-16/h2-5,10-11,13H,6-9,12H2,1H3. The molecule has 0 bridgehead atoms. The molecule has 0 saturated carbocycles. The van der Waals surface area contributed by atoms with Gasteiger partial charge in [0.25, 0.3) is 0 Å². The maximum Gasteiger partial charge on any atom is 0.305 e. The van der Waals surface area contributed by atoms with Crippen LogP contribution in [-0.4, -0.2) is 53.7 Å². The Balaban J connectivity index is 1.46. The van der Waals surface area contributed by atoms with Gasteiger partial charge in [0, 0.05) is 38.5 Å². The van der Waals surface area contributed by atoms with E-state index in [9.17, 15) is 8.42 Å². The number of piperidine rings is 1. The molecule has 0 spiro atoms. The molecule has 1 aromatic heterocycles. The number of hydrogen-bond donors (Lipinski definition) is 0. The van der Waals surface area contributed by atoms with E-state index in [1.165, 1.54) is 4.31 Å². The Labute approximate surface area is 141 Å². The van der Waals surface area contributed by atoms with Crippen LogP contribution >= 0.6 is 0 Å². The van der Waals surface area contributed by atoms with Crippen molar-refractivity contribution in [3.8, 4) is 0 Å². The van der Waals surface area contributed by atoms with Crippen molar-refractivity contribution in [3.63, 3.8) is 0 Å². The van der Waals surface area contributed by atoms with Crippen LogP contribution in [0.25, 0.3) is 11.1 Å². The lowest BCUT2D eigenvalue weighted by atomic mass is 9.98. The van der Waals surface area contributed by atoms with E-state index in [4.69, 9.17) is 4.42 Å². The van der Waals surface area contributed by atoms with Gasteiger partial charge in [-0.25, -0.2) is 9.29 Å². The van der Waals surface area contributed by atoms with E-state index in [2.05, 4.69) is 4.98 Å². The molecule has 0 unspecified atom stereocenters. The summed E-state index contributed by atoms with van der Waals surface area (Å²) in [4.78, 5) is 6.38. The highest BCUT2D eigenvalue weighted by molar-refractivity contribution is 7.86. The van der Waals surface area contributed by atoms with Gasteiger partial charge in [-0.15, -0.1) is 0 Å². The quantitative estimate of drug-likeness (QED) is 0.848. The first-order valence-electron chi connectivity index (χ1n) is 8.05. The molecule has 1 saturated heterocycles. The van der Waals surface area contributed by atoms with Gasteiger partial charge in [-0.1, -0.05) is 12.1 Å². The third-order valence-electron chi connectivity index (χ3n) is 4.59. The minimum absolute atomic E-state index is 0.167. The largest absolute Gasteiger partial charge is 0.440 e. The normalized spacial score (nSPS) is 20.4. The van der Waals surface area contributed by atoms with E-state index in [-0.39, 0.29) is 5.92 Å². The summed E-state index contributed by atoms with van der Waals surface area (Å²) in [5.74, 6) is 0.884. The second kappa shape index (κ2) is 5.78. The third kappa shape index (κ3) is 2.65. The average Bonchev–Trinajstić information content (AvgIpc) is 3.21. The molecule has 0 atom stereocenters. The van der Waals surface area contributed by atoms with Crippen LogP contribution in [0, 0.1) is 0 Å². The number of hydrogen-bond acceptors (Lipinski definition) is 5. The second-order valence-corrected chi connectivity index (χ2v) is 8.17. The summed E-state index contributed by atoms with van der Waals surface area (Å²) in [6.07, 6.45) is 4.82. The van der Waals surface area contributed by atoms with E-state index in [0.717, 1.165) is 23.9 Å². The molecule has 0 radical (unpaired) electrons. The Hall–Kier alpha value is -2.06. The summed E-state index contributed by atoms with van der Waals surface area (Å²) in [6.45, 7) is 1.34. The maximum atomic E-state index is 12.7. The first-order valence-corrected chi connectivity index (χ1v) is 9.45. The van der Waals surface area contributed by atoms with Gasteiger partial charge in [-0.2, -0.15) is 12.7 Å². The lowest BCUT2D eigenvalue weighted by Gasteiger charge is -2.32. The summed E-state index contributed by atoms with van der Waals surface area (Å²) in [5.41, 5.74) is 1.64. The zero-order chi connectivity index (χ0) is 16.7. The summed E-state index contributed by atoms with van der Waals surface area (Å²) >= 11 is 0. The predicted molar refractivity (Wildman–Crippen MR) is 90.1 cm³/mol. The van der Waals surface area contributed by atoms with Crippen LogP contribution in [0.4, 0.5) is 0 Å². The zero-order valence-corrected chi connectivity index (χ0v) is 14.3. The first-order chi connectivity index (χ1) is 11.5. The van der Waals surface area contributed by atoms with Crippen LogP contribution < -0.4 is 0 Å². The number of oxazole rings is 1. The molecule has 2 aliphatic rings. The van der Waals surface area contributed by atoms with Gasteiger partial charge >= 0.3 is 10.2 Å². The topological polar surface area (TPSA) is 69.9 Å². The van der Waals surface area contributed by atoms with Gasteiger partial charge in [0.05, 0.1) is 0 Å². The van der Waals surface area contributed by atoms with Crippen LogP contribution in [0.3, 0.4) is 0 Å². The van der Waals surface area contributed by atoms with E-state index < -0.39 is 10.2 Å². The Bertz CT molecular complexity index is 835. The molecule has 1 aromatic carbocycles. The van der Waals surface area contributed by atoms with Gasteiger partial charge in [-0.3, -0.25) is 0 Å². The smallest absolute Gasteiger partial charge is 0.305 e. The zero-order valence-electron chi connectivity index (χ0n) is 13.5. The van der Waals surface area contributed by atoms with E-state index in [1.807, 2.05) is 36.2 Å². The monoisotopic (exact) mass is 348 g/mol. The molecule has 3 heterocycles. The highest BCUT2D eigenvalue weighted by Crippen LogP contribution is 2.31. The summed E-state index contributed by atoms with van der Waals surface area (Å²) < 4.78 is 34.1. The summed E-state index contributed by atoms with van der Waals surface area (Å²) in [7, 11) is -1.59. The lowest BCUT2D eigenvalue weighted by molar-refractivity contribution is 0.273. The SMILES string of the molecule is CN1C=CN(S(=O)(=O)N2CCC(c3nc4ccccc4o3)CC2)C1. The molecule has 0 amide bonds. The maximum absolute atomic E-state index is 12.7. The molecule has 0 N–H and O–H groups in total. The summed E-state index contributed by atoms with van der Waals surface area (Å²) in [6, 6.07) is 7.69. The van der Waals surface area contributed by atoms with E-state index in [0.29, 0.717) is 25.6 Å². The Morgan fingerprint density at radius 3 is 2.58 bits per heavy atom. The Morgan fingerprint density at radius 1 is 1.17 bits per heavy atom. The summed E-state index contributed by atoms with van der Waals surface area (Å²) in [5, 5.41) is 0. The molecule has 2 aliphatic heterocycles. The van der Waals surface area contributed by atoms with Crippen molar-refractivity contribution in [2.75, 3.05) is 26.8 Å². The van der Waals surface area contributed by atoms with Crippen molar-refractivity contribution in [2.24, 2.45) is 0 Å². The molecule has 2 aromatic rings. The Morgan fingerprint density at radius 2 is 1.92 bits per heavy atom. The van der Waals surface area contributed by atoms with Crippen LogP contribution in [0.5, 0.6) is 0 Å². The van der Waals surface area contributed by atoms with Crippen LogP contribution in [0.2, 0.25) is 0 Å². The number of nitrogens with zero attached hydrogens (tertiary/aromatic N) is 4. The van der Waals surface area contributed by atoms with Crippen molar-refractivity contribution in [1.82, 2.24) is 18.5 Å². The molecule has 4 rings (SSSR count). The van der Waals surface area contributed by atoms with Gasteiger partial charge in [0.2, 0.25) is 0 Å². The molecular formula is C16H20N4O3S. The number of rotatable bonds is 3. The van der Waals surface area contributed by atoms with Crippen LogP contribution in [0.15, 0.2) is 41.1 Å². The number of aromatic nitrogens is 1. The van der Waals surface area contributed by atoms with E-state index >= 15 is 0 Å². The molecule has 128 valence electrons. The minimum atomic E-state index is -3.44. The number of benzene rings is 1. The third-order valence-corrected chi connectivity index (χ3v) is 6.43. The minimum Gasteiger partial charge on any atom is -0.440 e. The molecule has 0 aliphatic carbocycles. The van der Waals surface area contributed by atoms with Crippen molar-refractivity contribution >= 4 is 21.3 Å². The van der Waals surface area contributed by atoms with Crippen molar-refractivity contribution in [2.45, 2.75) is 18.8 Å². The van der Waals surface area contributed by atoms with E-state index in [1.54, 1.807) is 16.7 Å². The fraction of sp³-hybridized carbons (Fsp3) is 0.438. The second-order valence-electron chi connectivity index (χ2n) is 6.28. The van der Waals surface area contributed by atoms with Gasteiger partial charge in [0.1, 0.15) is 12.2 Å². The van der Waals surface area contributed by atoms with Crippen LogP contribution in [0.1, 0.15) is 24.7 Å². The van der Waals surface area contributed by atoms with Crippen molar-refractivity contribution < 1.29 is 12.8 Å². The molecule has 7 nitrogen and oxygen atoms in total. The van der Waals surface area contributed by atoms with Gasteiger partial charge in [0.15, 0.2) is 11.5 Å². The average molecular weight is 348 g/mol. The molecule has 1 fully saturated rings. The van der Waals surface area contributed by atoms with Gasteiger partial charge in [-0.05, 0) is 25.0 Å². The predicted octanol–water partition coefficient (Wildman–Crippen LogP) is 1.93. The fourth-order valence-electron chi connectivity index (χ4n) is 3.20. The molecule has 8 heteroatoms. The van der Waals surface area contributed by atoms with Crippen LogP contribution in [-0.2, 0) is 10.2 Å². The lowest BCUT2D eigenvalue weighted by Crippen LogP contribution is -2.45. The highest BCUT2D eigenvalue weighted by Gasteiger charge is 2.34. The number of fused-ring (bicyclic) bond motifs is 1. The molecular weight excluding hydrogens is 328 g/mol. The van der Waals surface area contributed by atoms with Gasteiger partial charge < -0.3 is 9.32 Å². The highest BCUT2D eigenvalue weighted by atomic mass is 32.2. The fourth-order valence-corrected chi connectivity index (χ4v) is 4.70. The number of para-hydroxylation sites is 2. The van der Waals surface area contributed by atoms with Crippen molar-refractivity contribution in [3.05, 3.63) is 42.6 Å². The Kier molecular flexibility index (Phi) is 3.73.